The first-order valence-corrected chi connectivity index (χ1v) is 10.7. The number of carbonyl (C=O) groups is 2. The van der Waals surface area contributed by atoms with E-state index in [4.69, 9.17) is 9.47 Å². The Bertz CT molecular complexity index is 817. The van der Waals surface area contributed by atoms with Crippen LogP contribution < -0.4 is 0 Å². The van der Waals surface area contributed by atoms with Crippen molar-refractivity contribution >= 4 is 12.1 Å². The molecule has 0 bridgehead atoms. The van der Waals surface area contributed by atoms with E-state index in [9.17, 15) is 22.8 Å². The summed E-state index contributed by atoms with van der Waals surface area (Å²) in [6.45, 7) is 6.43. The van der Waals surface area contributed by atoms with Crippen LogP contribution in [0.5, 0.6) is 0 Å². The molecule has 5 nitrogen and oxygen atoms in total. The molecule has 1 saturated carbocycles. The number of likely N-dealkylation sites (tertiary alicyclic amines) is 1. The molecule has 3 rings (SSSR count). The van der Waals surface area contributed by atoms with E-state index in [1.54, 1.807) is 11.0 Å². The molecular weight excluding hydrogens is 411 g/mol. The number of esters is 1. The van der Waals surface area contributed by atoms with Crippen molar-refractivity contribution in [3.63, 3.8) is 0 Å². The number of carbonyl (C=O) groups excluding carboxylic acids is 2. The summed E-state index contributed by atoms with van der Waals surface area (Å²) in [7, 11) is 1.32. The number of ether oxygens (including phenoxy) is 2. The van der Waals surface area contributed by atoms with Gasteiger partial charge in [0.1, 0.15) is 5.60 Å². The largest absolute Gasteiger partial charge is 0.469 e. The number of alkyl halides is 3. The SMILES string of the molecule is COC(=O)[C@H]1C[C@@H](c2cc(C(F)(F)F)ccc2C2CCN(C(=O)OC(C)(C)C)CC2)C1. The van der Waals surface area contributed by atoms with Gasteiger partial charge in [-0.25, -0.2) is 4.79 Å². The maximum Gasteiger partial charge on any atom is 0.416 e. The second-order valence-electron chi connectivity index (χ2n) is 9.47. The first kappa shape index (κ1) is 23.4. The molecule has 0 aromatic heterocycles. The molecule has 0 radical (unpaired) electrons. The van der Waals surface area contributed by atoms with Crippen LogP contribution in [-0.4, -0.2) is 42.8 Å². The van der Waals surface area contributed by atoms with Gasteiger partial charge in [0.25, 0.3) is 0 Å². The van der Waals surface area contributed by atoms with Crippen molar-refractivity contribution < 1.29 is 32.2 Å². The van der Waals surface area contributed by atoms with E-state index in [0.717, 1.165) is 11.6 Å². The monoisotopic (exact) mass is 441 g/mol. The number of benzene rings is 1. The van der Waals surface area contributed by atoms with Gasteiger partial charge in [0.2, 0.25) is 0 Å². The Hall–Kier alpha value is -2.25. The van der Waals surface area contributed by atoms with Crippen LogP contribution in [0.2, 0.25) is 0 Å². The summed E-state index contributed by atoms with van der Waals surface area (Å²) in [5, 5.41) is 0. The summed E-state index contributed by atoms with van der Waals surface area (Å²) < 4.78 is 50.2. The van der Waals surface area contributed by atoms with Crippen LogP contribution in [0.3, 0.4) is 0 Å². The van der Waals surface area contributed by atoms with Crippen LogP contribution in [0, 0.1) is 5.92 Å². The highest BCUT2D eigenvalue weighted by atomic mass is 19.4. The number of rotatable bonds is 3. The molecule has 1 saturated heterocycles. The van der Waals surface area contributed by atoms with Gasteiger partial charge < -0.3 is 14.4 Å². The molecule has 8 heteroatoms. The van der Waals surface area contributed by atoms with Crippen molar-refractivity contribution in [1.29, 1.82) is 0 Å². The van der Waals surface area contributed by atoms with Gasteiger partial charge in [-0.3, -0.25) is 4.79 Å². The third kappa shape index (κ3) is 5.52. The van der Waals surface area contributed by atoms with Crippen LogP contribution in [0.15, 0.2) is 18.2 Å². The maximum atomic E-state index is 13.3. The van der Waals surface area contributed by atoms with Gasteiger partial charge in [-0.2, -0.15) is 13.2 Å². The molecule has 1 heterocycles. The molecule has 0 N–H and O–H groups in total. The van der Waals surface area contributed by atoms with Crippen molar-refractivity contribution in [3.8, 4) is 0 Å². The fraction of sp³-hybridized carbons (Fsp3) is 0.652. The number of amides is 1. The van der Waals surface area contributed by atoms with E-state index in [2.05, 4.69) is 0 Å². The fourth-order valence-corrected chi connectivity index (χ4v) is 4.41. The van der Waals surface area contributed by atoms with Crippen LogP contribution >= 0.6 is 0 Å². The average Bonchev–Trinajstić information content (AvgIpc) is 2.64. The molecule has 1 aliphatic carbocycles. The van der Waals surface area contributed by atoms with E-state index in [0.29, 0.717) is 44.3 Å². The molecule has 0 unspecified atom stereocenters. The lowest BCUT2D eigenvalue weighted by atomic mass is 9.68. The molecule has 0 atom stereocenters. The summed E-state index contributed by atoms with van der Waals surface area (Å²) in [5.74, 6) is -0.597. The Morgan fingerprint density at radius 1 is 1.00 bits per heavy atom. The van der Waals surface area contributed by atoms with E-state index in [1.165, 1.54) is 13.2 Å². The minimum Gasteiger partial charge on any atom is -0.469 e. The number of hydrogen-bond acceptors (Lipinski definition) is 4. The van der Waals surface area contributed by atoms with Crippen LogP contribution in [0.25, 0.3) is 0 Å². The molecule has 0 spiro atoms. The number of nitrogens with zero attached hydrogens (tertiary/aromatic N) is 1. The molecular formula is C23H30F3NO4. The lowest BCUT2D eigenvalue weighted by Crippen LogP contribution is -2.41. The van der Waals surface area contributed by atoms with Gasteiger partial charge in [0.05, 0.1) is 18.6 Å². The van der Waals surface area contributed by atoms with Crippen molar-refractivity contribution in [1.82, 2.24) is 4.90 Å². The van der Waals surface area contributed by atoms with Crippen molar-refractivity contribution in [2.45, 2.75) is 70.1 Å². The molecule has 2 aliphatic rings. The second kappa shape index (κ2) is 8.71. The molecule has 172 valence electrons. The van der Waals surface area contributed by atoms with E-state index in [-0.39, 0.29) is 29.8 Å². The van der Waals surface area contributed by atoms with Gasteiger partial charge in [0.15, 0.2) is 0 Å². The minimum atomic E-state index is -4.42. The number of halogens is 3. The van der Waals surface area contributed by atoms with Gasteiger partial charge in [-0.1, -0.05) is 6.07 Å². The van der Waals surface area contributed by atoms with E-state index < -0.39 is 17.3 Å². The number of methoxy groups -OCH3 is 1. The normalized spacial score (nSPS) is 22.6. The van der Waals surface area contributed by atoms with Crippen molar-refractivity contribution in [2.75, 3.05) is 20.2 Å². The van der Waals surface area contributed by atoms with Gasteiger partial charge in [-0.15, -0.1) is 0 Å². The predicted molar refractivity (Wildman–Crippen MR) is 109 cm³/mol. The summed E-state index contributed by atoms with van der Waals surface area (Å²) in [4.78, 5) is 25.7. The Labute approximate surface area is 180 Å². The average molecular weight is 441 g/mol. The zero-order chi connectivity index (χ0) is 23.0. The highest BCUT2D eigenvalue weighted by Gasteiger charge is 2.40. The van der Waals surface area contributed by atoms with Gasteiger partial charge in [0, 0.05) is 13.1 Å². The first-order chi connectivity index (χ1) is 14.4. The van der Waals surface area contributed by atoms with Crippen molar-refractivity contribution in [2.24, 2.45) is 5.92 Å². The Morgan fingerprint density at radius 3 is 2.13 bits per heavy atom. The lowest BCUT2D eigenvalue weighted by molar-refractivity contribution is -0.149. The molecule has 1 aliphatic heterocycles. The predicted octanol–water partition coefficient (Wildman–Crippen LogP) is 5.49. The number of piperidine rings is 1. The van der Waals surface area contributed by atoms with Crippen LogP contribution in [0.4, 0.5) is 18.0 Å². The van der Waals surface area contributed by atoms with E-state index in [1.807, 2.05) is 20.8 Å². The Kier molecular flexibility index (Phi) is 6.58. The molecule has 1 aromatic carbocycles. The third-order valence-corrected chi connectivity index (χ3v) is 6.11. The lowest BCUT2D eigenvalue weighted by Gasteiger charge is -2.38. The van der Waals surface area contributed by atoms with Gasteiger partial charge in [-0.05, 0) is 81.5 Å². The minimum absolute atomic E-state index is 0.0631. The Morgan fingerprint density at radius 2 is 1.61 bits per heavy atom. The summed E-state index contributed by atoms with van der Waals surface area (Å²) in [5.41, 5.74) is 0.323. The molecule has 31 heavy (non-hydrogen) atoms. The second-order valence-corrected chi connectivity index (χ2v) is 9.47. The quantitative estimate of drug-likeness (QED) is 0.583. The zero-order valence-corrected chi connectivity index (χ0v) is 18.4. The fourth-order valence-electron chi connectivity index (χ4n) is 4.41. The van der Waals surface area contributed by atoms with Gasteiger partial charge >= 0.3 is 18.2 Å². The van der Waals surface area contributed by atoms with Crippen LogP contribution in [0.1, 0.15) is 75.0 Å². The molecule has 1 aromatic rings. The highest BCUT2D eigenvalue weighted by Crippen LogP contribution is 2.47. The number of hydrogen-bond donors (Lipinski definition) is 0. The van der Waals surface area contributed by atoms with Crippen LogP contribution in [-0.2, 0) is 20.4 Å². The van der Waals surface area contributed by atoms with E-state index >= 15 is 0 Å². The Balaban J connectivity index is 1.75. The third-order valence-electron chi connectivity index (χ3n) is 6.11. The standard InChI is InChI=1S/C23H30F3NO4/c1-22(2,3)31-21(29)27-9-7-14(8-10-27)18-6-5-17(23(24,25)26)13-19(18)15-11-16(12-15)20(28)30-4/h5-6,13-16H,7-12H2,1-4H3/t15-,16+. The molecule has 1 amide bonds. The smallest absolute Gasteiger partial charge is 0.416 e. The maximum absolute atomic E-state index is 13.3. The summed E-state index contributed by atoms with van der Waals surface area (Å²) >= 11 is 0. The highest BCUT2D eigenvalue weighted by molar-refractivity contribution is 5.74. The van der Waals surface area contributed by atoms with Crippen molar-refractivity contribution in [3.05, 3.63) is 34.9 Å². The molecule has 2 fully saturated rings. The summed E-state index contributed by atoms with van der Waals surface area (Å²) in [6, 6.07) is 3.96. The summed E-state index contributed by atoms with van der Waals surface area (Å²) in [6.07, 6.45) is -2.47. The zero-order valence-electron chi connectivity index (χ0n) is 18.4. The first-order valence-electron chi connectivity index (χ1n) is 10.7. The topological polar surface area (TPSA) is 55.8 Å².